The first kappa shape index (κ1) is 14.5. The summed E-state index contributed by atoms with van der Waals surface area (Å²) in [7, 11) is 0. The summed E-state index contributed by atoms with van der Waals surface area (Å²) < 4.78 is 0. The first-order valence-electron chi connectivity index (χ1n) is 5.50. The zero-order chi connectivity index (χ0) is 9.98. The maximum atomic E-state index is 2.29. The minimum absolute atomic E-state index is 0.833. The van der Waals surface area contributed by atoms with Crippen LogP contribution in [0.25, 0.3) is 0 Å². The SMILES string of the molecule is CC(C)C.CCCCCC(C)C. The Morgan fingerprint density at radius 2 is 1.25 bits per heavy atom. The van der Waals surface area contributed by atoms with Crippen LogP contribution in [0.1, 0.15) is 67.2 Å². The number of rotatable bonds is 4. The number of unbranched alkanes of at least 4 members (excludes halogenated alkanes) is 2. The molecule has 0 saturated heterocycles. The van der Waals surface area contributed by atoms with E-state index in [0.717, 1.165) is 11.8 Å². The molecule has 0 rings (SSSR count). The first-order valence-corrected chi connectivity index (χ1v) is 5.50. The number of hydrogen-bond donors (Lipinski definition) is 0. The maximum absolute atomic E-state index is 2.29. The normalized spacial score (nSPS) is 10.0. The molecular weight excluding hydrogens is 144 g/mol. The molecule has 0 bridgehead atoms. The molecule has 0 fully saturated rings. The Labute approximate surface area is 79.8 Å². The van der Waals surface area contributed by atoms with E-state index in [1.54, 1.807) is 0 Å². The van der Waals surface area contributed by atoms with Crippen molar-refractivity contribution in [2.24, 2.45) is 11.8 Å². The van der Waals surface area contributed by atoms with E-state index in [-0.39, 0.29) is 0 Å². The lowest BCUT2D eigenvalue weighted by Crippen LogP contribution is -1.85. The molecule has 0 aromatic carbocycles. The van der Waals surface area contributed by atoms with Crippen molar-refractivity contribution < 1.29 is 0 Å². The highest BCUT2D eigenvalue weighted by Gasteiger charge is 1.90. The standard InChI is InChI=1S/C8H18.C4H10/c1-4-5-6-7-8(2)3;1-4(2)3/h8H,4-7H2,1-3H3;4H,1-3H3. The fourth-order valence-corrected chi connectivity index (χ4v) is 0.803. The Morgan fingerprint density at radius 3 is 1.50 bits per heavy atom. The summed E-state index contributed by atoms with van der Waals surface area (Å²) in [4.78, 5) is 0. The Morgan fingerprint density at radius 1 is 0.833 bits per heavy atom. The molecule has 0 aromatic heterocycles. The second-order valence-corrected chi connectivity index (χ2v) is 4.62. The molecule has 0 saturated carbocycles. The van der Waals surface area contributed by atoms with Gasteiger partial charge in [0.25, 0.3) is 0 Å². The van der Waals surface area contributed by atoms with Crippen molar-refractivity contribution in [1.29, 1.82) is 0 Å². The molecule has 12 heavy (non-hydrogen) atoms. The summed E-state index contributed by atoms with van der Waals surface area (Å²) in [6.45, 7) is 13.3. The van der Waals surface area contributed by atoms with Crippen molar-refractivity contribution in [3.05, 3.63) is 0 Å². The molecule has 0 spiro atoms. The lowest BCUT2D eigenvalue weighted by Gasteiger charge is -2.00. The fraction of sp³-hybridized carbons (Fsp3) is 1.00. The van der Waals surface area contributed by atoms with Crippen LogP contribution in [0.15, 0.2) is 0 Å². The Hall–Kier alpha value is 0. The van der Waals surface area contributed by atoms with Gasteiger partial charge in [-0.2, -0.15) is 0 Å². The molecule has 0 heterocycles. The molecule has 0 atom stereocenters. The summed E-state index contributed by atoms with van der Waals surface area (Å²) in [5.41, 5.74) is 0. The van der Waals surface area contributed by atoms with Crippen molar-refractivity contribution in [2.75, 3.05) is 0 Å². The third kappa shape index (κ3) is 32.4. The molecule has 0 aromatic rings. The van der Waals surface area contributed by atoms with E-state index >= 15 is 0 Å². The number of hydrogen-bond acceptors (Lipinski definition) is 0. The van der Waals surface area contributed by atoms with Gasteiger partial charge < -0.3 is 0 Å². The van der Waals surface area contributed by atoms with Gasteiger partial charge in [0, 0.05) is 0 Å². The zero-order valence-corrected chi connectivity index (χ0v) is 9.98. The smallest absolute Gasteiger partial charge is 0.0471 e. The summed E-state index contributed by atoms with van der Waals surface area (Å²) in [5, 5.41) is 0. The van der Waals surface area contributed by atoms with E-state index < -0.39 is 0 Å². The zero-order valence-electron chi connectivity index (χ0n) is 9.98. The van der Waals surface area contributed by atoms with Crippen LogP contribution >= 0.6 is 0 Å². The lowest BCUT2D eigenvalue weighted by molar-refractivity contribution is 0.534. The second kappa shape index (κ2) is 11.0. The van der Waals surface area contributed by atoms with Crippen LogP contribution in [0.3, 0.4) is 0 Å². The highest BCUT2D eigenvalue weighted by molar-refractivity contribution is 4.44. The quantitative estimate of drug-likeness (QED) is 0.530. The molecule has 76 valence electrons. The van der Waals surface area contributed by atoms with Crippen LogP contribution in [0.5, 0.6) is 0 Å². The Bertz CT molecular complexity index is 59.7. The fourth-order valence-electron chi connectivity index (χ4n) is 0.803. The van der Waals surface area contributed by atoms with Gasteiger partial charge in [0.1, 0.15) is 0 Å². The molecule has 0 radical (unpaired) electrons. The van der Waals surface area contributed by atoms with E-state index in [9.17, 15) is 0 Å². The molecule has 0 aliphatic rings. The summed E-state index contributed by atoms with van der Waals surface area (Å²) in [5.74, 6) is 1.74. The molecule has 0 aliphatic carbocycles. The second-order valence-electron chi connectivity index (χ2n) is 4.62. The first-order chi connectivity index (χ1) is 5.50. The summed E-state index contributed by atoms with van der Waals surface area (Å²) in [6.07, 6.45) is 5.60. The van der Waals surface area contributed by atoms with Gasteiger partial charge in [-0.05, 0) is 11.8 Å². The molecule has 0 amide bonds. The van der Waals surface area contributed by atoms with Gasteiger partial charge in [-0.25, -0.2) is 0 Å². The van der Waals surface area contributed by atoms with Crippen LogP contribution in [-0.2, 0) is 0 Å². The minimum atomic E-state index is 0.833. The van der Waals surface area contributed by atoms with Gasteiger partial charge in [0.05, 0.1) is 0 Å². The average Bonchev–Trinajstić information content (AvgIpc) is 1.86. The van der Waals surface area contributed by atoms with Crippen LogP contribution in [0.4, 0.5) is 0 Å². The van der Waals surface area contributed by atoms with E-state index in [2.05, 4.69) is 41.5 Å². The molecule has 0 unspecified atom stereocenters. The van der Waals surface area contributed by atoms with Crippen LogP contribution in [-0.4, -0.2) is 0 Å². The van der Waals surface area contributed by atoms with Gasteiger partial charge in [0.2, 0.25) is 0 Å². The predicted octanol–water partition coefficient (Wildman–Crippen LogP) is 4.89. The Kier molecular flexibility index (Phi) is 13.3. The Balaban J connectivity index is 0. The molecule has 0 N–H and O–H groups in total. The third-order valence-corrected chi connectivity index (χ3v) is 1.39. The van der Waals surface area contributed by atoms with E-state index in [1.807, 2.05) is 0 Å². The van der Waals surface area contributed by atoms with Gasteiger partial charge in [-0.15, -0.1) is 0 Å². The van der Waals surface area contributed by atoms with Crippen LogP contribution < -0.4 is 0 Å². The highest BCUT2D eigenvalue weighted by Crippen LogP contribution is 2.06. The van der Waals surface area contributed by atoms with Crippen molar-refractivity contribution in [3.8, 4) is 0 Å². The van der Waals surface area contributed by atoms with E-state index in [4.69, 9.17) is 0 Å². The predicted molar refractivity (Wildman–Crippen MR) is 59.5 cm³/mol. The minimum Gasteiger partial charge on any atom is -0.0654 e. The lowest BCUT2D eigenvalue weighted by atomic mass is 10.1. The van der Waals surface area contributed by atoms with Crippen molar-refractivity contribution in [1.82, 2.24) is 0 Å². The topological polar surface area (TPSA) is 0 Å². The van der Waals surface area contributed by atoms with Crippen LogP contribution in [0.2, 0.25) is 0 Å². The van der Waals surface area contributed by atoms with Crippen molar-refractivity contribution in [3.63, 3.8) is 0 Å². The molecule has 0 aliphatic heterocycles. The van der Waals surface area contributed by atoms with Crippen molar-refractivity contribution in [2.45, 2.75) is 67.2 Å². The largest absolute Gasteiger partial charge is 0.0654 e. The van der Waals surface area contributed by atoms with Gasteiger partial charge >= 0.3 is 0 Å². The van der Waals surface area contributed by atoms with Crippen molar-refractivity contribution >= 4 is 0 Å². The van der Waals surface area contributed by atoms with Gasteiger partial charge in [-0.1, -0.05) is 67.2 Å². The summed E-state index contributed by atoms with van der Waals surface area (Å²) in [6, 6.07) is 0. The third-order valence-electron chi connectivity index (χ3n) is 1.39. The van der Waals surface area contributed by atoms with Gasteiger partial charge in [0.15, 0.2) is 0 Å². The van der Waals surface area contributed by atoms with Crippen LogP contribution in [0, 0.1) is 11.8 Å². The monoisotopic (exact) mass is 172 g/mol. The highest BCUT2D eigenvalue weighted by atomic mass is 14.0. The summed E-state index contributed by atoms with van der Waals surface area (Å²) >= 11 is 0. The van der Waals surface area contributed by atoms with E-state index in [1.165, 1.54) is 25.7 Å². The van der Waals surface area contributed by atoms with Gasteiger partial charge in [-0.3, -0.25) is 0 Å². The maximum Gasteiger partial charge on any atom is -0.0471 e. The molecule has 0 heteroatoms. The molecule has 0 nitrogen and oxygen atoms in total. The molecular formula is C12H28. The average molecular weight is 172 g/mol. The van der Waals surface area contributed by atoms with E-state index in [0.29, 0.717) is 0 Å².